The van der Waals surface area contributed by atoms with Crippen molar-refractivity contribution < 1.29 is 27.8 Å². The van der Waals surface area contributed by atoms with Gasteiger partial charge in [-0.15, -0.1) is 0 Å². The van der Waals surface area contributed by atoms with Gasteiger partial charge in [-0.25, -0.2) is 8.42 Å². The van der Waals surface area contributed by atoms with Crippen LogP contribution in [0.2, 0.25) is 0 Å². The van der Waals surface area contributed by atoms with Crippen LogP contribution < -0.4 is 0 Å². The van der Waals surface area contributed by atoms with Gasteiger partial charge in [0.1, 0.15) is 5.25 Å². The van der Waals surface area contributed by atoms with Gasteiger partial charge in [0.15, 0.2) is 9.84 Å². The van der Waals surface area contributed by atoms with Gasteiger partial charge in [-0.05, 0) is 25.1 Å². The van der Waals surface area contributed by atoms with Crippen LogP contribution in [0.3, 0.4) is 0 Å². The number of sulfone groups is 1. The molecule has 2 rings (SSSR count). The van der Waals surface area contributed by atoms with E-state index in [-0.39, 0.29) is 17.1 Å². The SMILES string of the molecule is CCOC(=O)CC(c1ccc([N+](=O)[O-])cc1[N+](=O)[O-])S(=O)(=O)c1ccccc1. The lowest BCUT2D eigenvalue weighted by Crippen LogP contribution is -2.20. The van der Waals surface area contributed by atoms with E-state index in [2.05, 4.69) is 0 Å². The Morgan fingerprint density at radius 2 is 1.71 bits per heavy atom. The first kappa shape index (κ1) is 21.0. The molecular formula is C17H16N2O8S. The highest BCUT2D eigenvalue weighted by molar-refractivity contribution is 7.91. The number of rotatable bonds is 8. The molecule has 2 aromatic carbocycles. The van der Waals surface area contributed by atoms with E-state index in [4.69, 9.17) is 4.74 Å². The Morgan fingerprint density at radius 1 is 1.07 bits per heavy atom. The van der Waals surface area contributed by atoms with Crippen LogP contribution in [0, 0.1) is 20.2 Å². The monoisotopic (exact) mass is 408 g/mol. The topological polar surface area (TPSA) is 147 Å². The van der Waals surface area contributed by atoms with E-state index in [9.17, 15) is 33.4 Å². The van der Waals surface area contributed by atoms with Gasteiger partial charge in [0, 0.05) is 11.6 Å². The molecule has 0 heterocycles. The molecule has 10 nitrogen and oxygen atoms in total. The van der Waals surface area contributed by atoms with Gasteiger partial charge in [-0.1, -0.05) is 18.2 Å². The molecule has 0 spiro atoms. The Bertz CT molecular complexity index is 1010. The highest BCUT2D eigenvalue weighted by atomic mass is 32.2. The summed E-state index contributed by atoms with van der Waals surface area (Å²) >= 11 is 0. The van der Waals surface area contributed by atoms with Crippen molar-refractivity contribution in [1.29, 1.82) is 0 Å². The summed E-state index contributed by atoms with van der Waals surface area (Å²) in [5.41, 5.74) is -1.65. The summed E-state index contributed by atoms with van der Waals surface area (Å²) in [7, 11) is -4.23. The van der Waals surface area contributed by atoms with Crippen LogP contribution in [0.15, 0.2) is 53.4 Å². The molecule has 0 fully saturated rings. The number of nitro benzene ring substituents is 2. The number of benzene rings is 2. The fourth-order valence-corrected chi connectivity index (χ4v) is 4.36. The van der Waals surface area contributed by atoms with Gasteiger partial charge < -0.3 is 4.74 Å². The quantitative estimate of drug-likeness (QED) is 0.368. The molecule has 28 heavy (non-hydrogen) atoms. The number of hydrogen-bond acceptors (Lipinski definition) is 8. The number of non-ortho nitro benzene ring substituents is 1. The number of ether oxygens (including phenoxy) is 1. The van der Waals surface area contributed by atoms with Crippen LogP contribution in [0.25, 0.3) is 0 Å². The lowest BCUT2D eigenvalue weighted by molar-refractivity contribution is -0.394. The molecule has 0 N–H and O–H groups in total. The van der Waals surface area contributed by atoms with Crippen molar-refractivity contribution in [2.45, 2.75) is 23.5 Å². The Hall–Kier alpha value is -3.34. The average Bonchev–Trinajstić information content (AvgIpc) is 2.66. The first-order valence-corrected chi connectivity index (χ1v) is 9.60. The minimum absolute atomic E-state index is 0.000702. The number of nitro groups is 2. The smallest absolute Gasteiger partial charge is 0.307 e. The standard InChI is InChI=1S/C17H16N2O8S/c1-2-27-17(20)11-16(28(25,26)13-6-4-3-5-7-13)14-9-8-12(18(21)22)10-15(14)19(23)24/h3-10,16H,2,11H2,1H3. The fourth-order valence-electron chi connectivity index (χ4n) is 2.61. The van der Waals surface area contributed by atoms with Gasteiger partial charge in [-0.2, -0.15) is 0 Å². The number of carbonyl (C=O) groups is 1. The Balaban J connectivity index is 2.67. The van der Waals surface area contributed by atoms with E-state index in [1.54, 1.807) is 6.07 Å². The zero-order valence-corrected chi connectivity index (χ0v) is 15.5. The Morgan fingerprint density at radius 3 is 2.25 bits per heavy atom. The largest absolute Gasteiger partial charge is 0.466 e. The van der Waals surface area contributed by atoms with Crippen molar-refractivity contribution in [3.05, 3.63) is 74.3 Å². The molecule has 0 saturated heterocycles. The number of esters is 1. The van der Waals surface area contributed by atoms with Crippen LogP contribution >= 0.6 is 0 Å². The lowest BCUT2D eigenvalue weighted by Gasteiger charge is -2.17. The summed E-state index contributed by atoms with van der Waals surface area (Å²) in [4.78, 5) is 32.5. The van der Waals surface area contributed by atoms with E-state index < -0.39 is 48.7 Å². The van der Waals surface area contributed by atoms with Gasteiger partial charge in [-0.3, -0.25) is 25.0 Å². The van der Waals surface area contributed by atoms with Crippen molar-refractivity contribution in [2.24, 2.45) is 0 Å². The third-order valence-electron chi connectivity index (χ3n) is 3.87. The van der Waals surface area contributed by atoms with Crippen LogP contribution in [0.5, 0.6) is 0 Å². The van der Waals surface area contributed by atoms with E-state index in [0.29, 0.717) is 6.07 Å². The van der Waals surface area contributed by atoms with Crippen LogP contribution in [0.1, 0.15) is 24.2 Å². The first-order valence-electron chi connectivity index (χ1n) is 8.05. The second kappa shape index (κ2) is 8.57. The molecule has 0 aliphatic heterocycles. The van der Waals surface area contributed by atoms with Crippen molar-refractivity contribution in [1.82, 2.24) is 0 Å². The highest BCUT2D eigenvalue weighted by Gasteiger charge is 2.37. The Labute approximate surface area is 160 Å². The van der Waals surface area contributed by atoms with Crippen LogP contribution in [-0.4, -0.2) is 30.8 Å². The molecule has 2 aromatic rings. The molecule has 0 aromatic heterocycles. The molecule has 1 atom stereocenters. The van der Waals surface area contributed by atoms with E-state index >= 15 is 0 Å². The minimum atomic E-state index is -4.23. The van der Waals surface area contributed by atoms with Crippen molar-refractivity contribution in [2.75, 3.05) is 6.61 Å². The van der Waals surface area contributed by atoms with E-state index in [1.165, 1.54) is 31.2 Å². The molecule has 0 radical (unpaired) electrons. The molecular weight excluding hydrogens is 392 g/mol. The molecule has 148 valence electrons. The van der Waals surface area contributed by atoms with Crippen molar-refractivity contribution in [3.63, 3.8) is 0 Å². The maximum Gasteiger partial charge on any atom is 0.307 e. The maximum atomic E-state index is 13.1. The molecule has 0 saturated carbocycles. The third kappa shape index (κ3) is 4.49. The molecule has 1 unspecified atom stereocenters. The lowest BCUT2D eigenvalue weighted by atomic mass is 10.1. The van der Waals surface area contributed by atoms with Crippen molar-refractivity contribution in [3.8, 4) is 0 Å². The number of nitrogens with zero attached hydrogens (tertiary/aromatic N) is 2. The summed E-state index contributed by atoms with van der Waals surface area (Å²) < 4.78 is 31.0. The molecule has 11 heteroatoms. The second-order valence-corrected chi connectivity index (χ2v) is 7.74. The van der Waals surface area contributed by atoms with Crippen molar-refractivity contribution >= 4 is 27.2 Å². The van der Waals surface area contributed by atoms with E-state index in [1.807, 2.05) is 0 Å². The van der Waals surface area contributed by atoms with Gasteiger partial charge >= 0.3 is 5.97 Å². The van der Waals surface area contributed by atoms with Gasteiger partial charge in [0.2, 0.25) is 0 Å². The first-order chi connectivity index (χ1) is 13.2. The number of carbonyl (C=O) groups excluding carboxylic acids is 1. The molecule has 0 amide bonds. The summed E-state index contributed by atoms with van der Waals surface area (Å²) in [5, 5.41) is 20.7. The predicted molar refractivity (Wildman–Crippen MR) is 97.4 cm³/mol. The summed E-state index contributed by atoms with van der Waals surface area (Å²) in [5.74, 6) is -0.861. The third-order valence-corrected chi connectivity index (χ3v) is 5.97. The zero-order chi connectivity index (χ0) is 20.9. The molecule has 0 bridgehead atoms. The highest BCUT2D eigenvalue weighted by Crippen LogP contribution is 2.38. The van der Waals surface area contributed by atoms with Crippen LogP contribution in [-0.2, 0) is 19.4 Å². The predicted octanol–water partition coefficient (Wildman–Crippen LogP) is 2.97. The van der Waals surface area contributed by atoms with Gasteiger partial charge in [0.25, 0.3) is 11.4 Å². The summed E-state index contributed by atoms with van der Waals surface area (Å²) in [6.45, 7) is 1.53. The second-order valence-electron chi connectivity index (χ2n) is 5.61. The Kier molecular flexibility index (Phi) is 6.41. The van der Waals surface area contributed by atoms with E-state index in [0.717, 1.165) is 12.1 Å². The summed E-state index contributed by atoms with van der Waals surface area (Å²) in [6, 6.07) is 9.75. The molecule has 0 aliphatic rings. The average molecular weight is 408 g/mol. The number of hydrogen-bond donors (Lipinski definition) is 0. The minimum Gasteiger partial charge on any atom is -0.466 e. The maximum absolute atomic E-state index is 13.1. The summed E-state index contributed by atoms with van der Waals surface area (Å²) in [6.07, 6.45) is -0.677. The molecule has 0 aliphatic carbocycles. The van der Waals surface area contributed by atoms with Crippen LogP contribution in [0.4, 0.5) is 11.4 Å². The zero-order valence-electron chi connectivity index (χ0n) is 14.7. The fraction of sp³-hybridized carbons (Fsp3) is 0.235. The normalized spacial score (nSPS) is 12.2. The van der Waals surface area contributed by atoms with Gasteiger partial charge in [0.05, 0.1) is 33.8 Å².